The van der Waals surface area contributed by atoms with E-state index in [0.717, 1.165) is 29.7 Å². The van der Waals surface area contributed by atoms with E-state index in [1.807, 2.05) is 19.3 Å². The normalized spacial score (nSPS) is 36.2. The van der Waals surface area contributed by atoms with E-state index in [0.29, 0.717) is 18.0 Å². The van der Waals surface area contributed by atoms with Crippen molar-refractivity contribution in [3.63, 3.8) is 0 Å². The molecule has 0 spiro atoms. The molecular formula is C19H29N3O. The van der Waals surface area contributed by atoms with Gasteiger partial charge in [0.05, 0.1) is 6.20 Å². The highest BCUT2D eigenvalue weighted by Crippen LogP contribution is 2.61. The van der Waals surface area contributed by atoms with Crippen LogP contribution in [0.2, 0.25) is 0 Å². The molecule has 5 rings (SSSR count). The van der Waals surface area contributed by atoms with Crippen LogP contribution in [0.1, 0.15) is 57.4 Å². The van der Waals surface area contributed by atoms with Gasteiger partial charge >= 0.3 is 0 Å². The van der Waals surface area contributed by atoms with Crippen molar-refractivity contribution in [1.82, 2.24) is 15.1 Å². The molecule has 4 nitrogen and oxygen atoms in total. The molecule has 1 atom stereocenters. The van der Waals surface area contributed by atoms with Gasteiger partial charge in [-0.3, -0.25) is 9.48 Å². The van der Waals surface area contributed by atoms with Crippen LogP contribution in [-0.4, -0.2) is 21.7 Å². The third-order valence-corrected chi connectivity index (χ3v) is 6.64. The van der Waals surface area contributed by atoms with E-state index in [4.69, 9.17) is 0 Å². The summed E-state index contributed by atoms with van der Waals surface area (Å²) in [7, 11) is 0. The summed E-state index contributed by atoms with van der Waals surface area (Å²) in [6.45, 7) is 4.59. The molecule has 1 N–H and O–H groups in total. The molecular weight excluding hydrogens is 286 g/mol. The summed E-state index contributed by atoms with van der Waals surface area (Å²) in [5.74, 6) is 2.92. The molecule has 4 fully saturated rings. The van der Waals surface area contributed by atoms with Gasteiger partial charge in [-0.1, -0.05) is 6.92 Å². The number of rotatable bonds is 5. The molecule has 1 heterocycles. The Labute approximate surface area is 139 Å². The zero-order valence-corrected chi connectivity index (χ0v) is 14.4. The molecule has 4 bridgehead atoms. The maximum Gasteiger partial charge on any atom is 0.241 e. The molecule has 4 aliphatic carbocycles. The summed E-state index contributed by atoms with van der Waals surface area (Å²) < 4.78 is 1.75. The van der Waals surface area contributed by atoms with Crippen molar-refractivity contribution in [2.75, 3.05) is 0 Å². The lowest BCUT2D eigenvalue weighted by Gasteiger charge is -2.59. The number of hydrogen-bond acceptors (Lipinski definition) is 2. The molecule has 4 saturated carbocycles. The van der Waals surface area contributed by atoms with E-state index in [9.17, 15) is 4.79 Å². The number of carbonyl (C=O) groups excluding carboxylic acids is 1. The van der Waals surface area contributed by atoms with Gasteiger partial charge in [0.2, 0.25) is 5.91 Å². The van der Waals surface area contributed by atoms with Crippen molar-refractivity contribution >= 4 is 5.91 Å². The first-order chi connectivity index (χ1) is 11.1. The third-order valence-electron chi connectivity index (χ3n) is 6.64. The summed E-state index contributed by atoms with van der Waals surface area (Å²) in [6, 6.07) is 0.347. The average Bonchev–Trinajstić information content (AvgIpc) is 2.88. The molecule has 0 aliphatic heterocycles. The van der Waals surface area contributed by atoms with Crippen LogP contribution in [0.5, 0.6) is 0 Å². The van der Waals surface area contributed by atoms with E-state index < -0.39 is 0 Å². The van der Waals surface area contributed by atoms with Gasteiger partial charge in [0.1, 0.15) is 6.54 Å². The molecule has 0 saturated heterocycles. The fourth-order valence-corrected chi connectivity index (χ4v) is 6.23. The van der Waals surface area contributed by atoms with Crippen LogP contribution in [0.3, 0.4) is 0 Å². The van der Waals surface area contributed by atoms with Crippen molar-refractivity contribution in [3.05, 3.63) is 18.0 Å². The zero-order chi connectivity index (χ0) is 16.0. The highest BCUT2D eigenvalue weighted by molar-refractivity contribution is 5.76. The second-order valence-electron chi connectivity index (χ2n) is 8.52. The number of amides is 1. The van der Waals surface area contributed by atoms with Crippen LogP contribution in [0.25, 0.3) is 0 Å². The van der Waals surface area contributed by atoms with Gasteiger partial charge in [-0.2, -0.15) is 5.10 Å². The maximum absolute atomic E-state index is 12.5. The third kappa shape index (κ3) is 2.81. The molecule has 1 aromatic heterocycles. The molecule has 1 amide bonds. The molecule has 1 aromatic rings. The molecule has 4 heteroatoms. The number of nitrogens with one attached hydrogen (secondary N) is 1. The van der Waals surface area contributed by atoms with Crippen LogP contribution >= 0.6 is 0 Å². The Morgan fingerprint density at radius 3 is 2.39 bits per heavy atom. The lowest BCUT2D eigenvalue weighted by atomic mass is 9.47. The first kappa shape index (κ1) is 15.2. The van der Waals surface area contributed by atoms with E-state index in [-0.39, 0.29) is 5.91 Å². The molecule has 0 aromatic carbocycles. The van der Waals surface area contributed by atoms with Gasteiger partial charge in [-0.15, -0.1) is 0 Å². The minimum atomic E-state index is 0.121. The van der Waals surface area contributed by atoms with Crippen molar-refractivity contribution < 1.29 is 4.79 Å². The SMILES string of the molecule is CCC(NC(=O)Cn1cc(C)cn1)C12CC3CC(CC(C3)C1)C2. The van der Waals surface area contributed by atoms with Crippen LogP contribution in [0.4, 0.5) is 0 Å². The van der Waals surface area contributed by atoms with Gasteiger partial charge in [0.25, 0.3) is 0 Å². The largest absolute Gasteiger partial charge is 0.351 e. The van der Waals surface area contributed by atoms with Crippen molar-refractivity contribution in [1.29, 1.82) is 0 Å². The summed E-state index contributed by atoms with van der Waals surface area (Å²) in [6.07, 6.45) is 13.2. The highest BCUT2D eigenvalue weighted by atomic mass is 16.2. The standard InChI is InChI=1S/C19H29N3O/c1-3-17(21-18(23)12-22-11-13(2)10-20-22)19-7-14-4-15(8-19)6-16(5-14)9-19/h10-11,14-17H,3-9,12H2,1-2H3,(H,21,23). The van der Waals surface area contributed by atoms with E-state index in [1.54, 1.807) is 4.68 Å². The van der Waals surface area contributed by atoms with Gasteiger partial charge in [0.15, 0.2) is 0 Å². The van der Waals surface area contributed by atoms with Gasteiger partial charge in [-0.25, -0.2) is 0 Å². The minimum absolute atomic E-state index is 0.121. The van der Waals surface area contributed by atoms with Crippen LogP contribution in [-0.2, 0) is 11.3 Å². The predicted molar refractivity (Wildman–Crippen MR) is 89.8 cm³/mol. The Kier molecular flexibility index (Phi) is 3.73. The lowest BCUT2D eigenvalue weighted by molar-refractivity contribution is -0.127. The number of hydrogen-bond donors (Lipinski definition) is 1. The highest BCUT2D eigenvalue weighted by Gasteiger charge is 2.53. The summed E-state index contributed by atoms with van der Waals surface area (Å²) >= 11 is 0. The summed E-state index contributed by atoms with van der Waals surface area (Å²) in [5, 5.41) is 7.62. The molecule has 0 radical (unpaired) electrons. The quantitative estimate of drug-likeness (QED) is 0.906. The Hall–Kier alpha value is -1.32. The number of aryl methyl sites for hydroxylation is 1. The Bertz CT molecular complexity index is 556. The first-order valence-electron chi connectivity index (χ1n) is 9.35. The predicted octanol–water partition coefficient (Wildman–Crippen LogP) is 3.30. The number of aromatic nitrogens is 2. The van der Waals surface area contributed by atoms with Gasteiger partial charge < -0.3 is 5.32 Å². The van der Waals surface area contributed by atoms with Crippen LogP contribution in [0.15, 0.2) is 12.4 Å². The smallest absolute Gasteiger partial charge is 0.241 e. The van der Waals surface area contributed by atoms with E-state index >= 15 is 0 Å². The monoisotopic (exact) mass is 315 g/mol. The topological polar surface area (TPSA) is 46.9 Å². The Balaban J connectivity index is 1.45. The average molecular weight is 315 g/mol. The maximum atomic E-state index is 12.5. The molecule has 1 unspecified atom stereocenters. The van der Waals surface area contributed by atoms with Gasteiger partial charge in [-0.05, 0) is 80.6 Å². The lowest BCUT2D eigenvalue weighted by Crippen LogP contribution is -2.57. The first-order valence-corrected chi connectivity index (χ1v) is 9.35. The molecule has 23 heavy (non-hydrogen) atoms. The Morgan fingerprint density at radius 1 is 1.30 bits per heavy atom. The van der Waals surface area contributed by atoms with Crippen molar-refractivity contribution in [3.8, 4) is 0 Å². The van der Waals surface area contributed by atoms with E-state index in [1.165, 1.54) is 38.5 Å². The summed E-state index contributed by atoms with van der Waals surface area (Å²) in [4.78, 5) is 12.5. The molecule has 126 valence electrons. The minimum Gasteiger partial charge on any atom is -0.351 e. The van der Waals surface area contributed by atoms with E-state index in [2.05, 4.69) is 17.3 Å². The number of carbonyl (C=O) groups is 1. The van der Waals surface area contributed by atoms with Crippen molar-refractivity contribution in [2.45, 2.75) is 71.4 Å². The fourth-order valence-electron chi connectivity index (χ4n) is 6.23. The second kappa shape index (κ2) is 5.64. The van der Waals surface area contributed by atoms with Crippen LogP contribution in [0, 0.1) is 30.1 Å². The second-order valence-corrected chi connectivity index (χ2v) is 8.52. The molecule has 4 aliphatic rings. The fraction of sp³-hybridized carbons (Fsp3) is 0.789. The van der Waals surface area contributed by atoms with Gasteiger partial charge in [0, 0.05) is 12.2 Å². The van der Waals surface area contributed by atoms with Crippen LogP contribution < -0.4 is 5.32 Å². The van der Waals surface area contributed by atoms with Crippen molar-refractivity contribution in [2.24, 2.45) is 23.2 Å². The summed E-state index contributed by atoms with van der Waals surface area (Å²) in [5.41, 5.74) is 1.49. The number of nitrogens with zero attached hydrogens (tertiary/aromatic N) is 2. The zero-order valence-electron chi connectivity index (χ0n) is 14.4. The Morgan fingerprint density at radius 2 is 1.91 bits per heavy atom.